The maximum atomic E-state index is 14.5. The number of amides is 8. The predicted molar refractivity (Wildman–Crippen MR) is 344 cm³/mol. The van der Waals surface area contributed by atoms with Crippen LogP contribution in [0.4, 0.5) is 0 Å². The van der Waals surface area contributed by atoms with E-state index in [2.05, 4.69) is 72.3 Å². The number of Topliss-reactive ketones (excluding diaryl/α,β-unsaturated/α-hetero) is 2. The fourth-order valence-electron chi connectivity index (χ4n) is 9.10. The molecule has 0 aliphatic rings. The van der Waals surface area contributed by atoms with E-state index in [1.807, 2.05) is 44.9 Å². The van der Waals surface area contributed by atoms with Crippen molar-refractivity contribution in [2.75, 3.05) is 126 Å². The van der Waals surface area contributed by atoms with Crippen LogP contribution in [0.2, 0.25) is 0 Å². The van der Waals surface area contributed by atoms with Crippen molar-refractivity contribution in [3.8, 4) is 0 Å². The molecule has 28 heteroatoms. The monoisotopic (exact) mass is 1280 g/mol. The Morgan fingerprint density at radius 1 is 0.456 bits per heavy atom. The fourth-order valence-corrected chi connectivity index (χ4v) is 9.10. The first-order valence-electron chi connectivity index (χ1n) is 32.8. The zero-order chi connectivity index (χ0) is 67.3. The summed E-state index contributed by atoms with van der Waals surface area (Å²) in [6.45, 7) is 12.6. The number of ketones is 2. The Hall–Kier alpha value is -6.20. The van der Waals surface area contributed by atoms with Gasteiger partial charge in [0.1, 0.15) is 19.0 Å². The van der Waals surface area contributed by atoms with Crippen LogP contribution in [0.25, 0.3) is 0 Å². The average molecular weight is 1280 g/mol. The summed E-state index contributed by atoms with van der Waals surface area (Å²) in [5, 5.41) is 31.8. The summed E-state index contributed by atoms with van der Waals surface area (Å²) in [5.74, 6) is -9.29. The highest BCUT2D eigenvalue weighted by molar-refractivity contribution is 5.98. The van der Waals surface area contributed by atoms with Gasteiger partial charge in [-0.1, -0.05) is 72.6 Å². The molecule has 0 saturated heterocycles. The number of carbonyl (C=O) groups is 12. The molecule has 8 amide bonds. The molecule has 0 heterocycles. The molecule has 0 fully saturated rings. The quantitative estimate of drug-likeness (QED) is 0.0162. The third kappa shape index (κ3) is 46.0. The van der Waals surface area contributed by atoms with Gasteiger partial charge in [-0.3, -0.25) is 62.9 Å². The number of likely N-dealkylation sites (N-methyl/N-ethyl adjacent to an activating group) is 2. The second-order valence-electron chi connectivity index (χ2n) is 23.2. The van der Waals surface area contributed by atoms with Crippen molar-refractivity contribution in [3.05, 3.63) is 0 Å². The zero-order valence-corrected chi connectivity index (χ0v) is 55.7. The van der Waals surface area contributed by atoms with E-state index in [0.29, 0.717) is 84.5 Å². The van der Waals surface area contributed by atoms with Crippen molar-refractivity contribution in [2.45, 2.75) is 181 Å². The summed E-state index contributed by atoms with van der Waals surface area (Å²) in [7, 11) is 7.43. The first kappa shape index (κ1) is 83.8. The van der Waals surface area contributed by atoms with Crippen LogP contribution < -0.4 is 64.2 Å². The van der Waals surface area contributed by atoms with Gasteiger partial charge in [0.25, 0.3) is 0 Å². The van der Waals surface area contributed by atoms with Crippen LogP contribution in [-0.4, -0.2) is 226 Å². The van der Waals surface area contributed by atoms with Crippen molar-refractivity contribution in [1.29, 1.82) is 0 Å². The number of rotatable bonds is 60. The van der Waals surface area contributed by atoms with Crippen LogP contribution in [0.15, 0.2) is 0 Å². The average Bonchev–Trinajstić information content (AvgIpc) is 3.46. The molecule has 6 atom stereocenters. The summed E-state index contributed by atoms with van der Waals surface area (Å²) in [4.78, 5) is 162. The van der Waals surface area contributed by atoms with Gasteiger partial charge < -0.3 is 78.2 Å². The Balaban J connectivity index is 6.39. The number of hydrogen-bond acceptors (Lipinski definition) is 20. The van der Waals surface area contributed by atoms with Crippen molar-refractivity contribution >= 4 is 71.3 Å². The number of ether oxygens (including phenoxy) is 2. The summed E-state index contributed by atoms with van der Waals surface area (Å²) < 4.78 is 10.4. The smallest absolute Gasteiger partial charge is 0.305 e. The number of esters is 2. The van der Waals surface area contributed by atoms with Gasteiger partial charge in [-0.15, -0.1) is 0 Å². The minimum atomic E-state index is -1.44. The summed E-state index contributed by atoms with van der Waals surface area (Å²) in [6.07, 6.45) is 6.81. The first-order chi connectivity index (χ1) is 43.1. The van der Waals surface area contributed by atoms with Gasteiger partial charge in [-0.05, 0) is 66.7 Å². The molecule has 0 radical (unpaired) electrons. The molecule has 0 aliphatic heterocycles. The lowest BCUT2D eigenvalue weighted by Gasteiger charge is -2.23. The second-order valence-corrected chi connectivity index (χ2v) is 23.2. The molecule has 518 valence electrons. The third-order valence-corrected chi connectivity index (χ3v) is 14.6. The van der Waals surface area contributed by atoms with Crippen molar-refractivity contribution in [3.63, 3.8) is 0 Å². The molecule has 13 N–H and O–H groups in total. The normalized spacial score (nSPS) is 13.2. The highest BCUT2D eigenvalue weighted by Gasteiger charge is 2.33. The number of primary amides is 1. The van der Waals surface area contributed by atoms with Gasteiger partial charge in [-0.25, -0.2) is 0 Å². The summed E-state index contributed by atoms with van der Waals surface area (Å²) >= 11 is 0. The lowest BCUT2D eigenvalue weighted by Crippen LogP contribution is -2.47. The Bertz CT molecular complexity index is 2090. The molecule has 0 bridgehead atoms. The fraction of sp³-hybridized carbons (Fsp3) is 0.806. The van der Waals surface area contributed by atoms with E-state index in [0.717, 1.165) is 51.4 Å². The maximum absolute atomic E-state index is 14.5. The van der Waals surface area contributed by atoms with Crippen molar-refractivity contribution in [2.24, 2.45) is 23.5 Å². The van der Waals surface area contributed by atoms with Crippen LogP contribution in [0.1, 0.15) is 163 Å². The number of hydrogen-bond donors (Lipinski definition) is 12. The van der Waals surface area contributed by atoms with E-state index in [-0.39, 0.29) is 89.9 Å². The van der Waals surface area contributed by atoms with Gasteiger partial charge in [0.15, 0.2) is 5.78 Å². The molecule has 6 unspecified atom stereocenters. The van der Waals surface area contributed by atoms with Crippen molar-refractivity contribution in [1.82, 2.24) is 68.3 Å². The summed E-state index contributed by atoms with van der Waals surface area (Å²) in [5.41, 5.74) is 5.58. The third-order valence-electron chi connectivity index (χ3n) is 14.6. The Labute approximate surface area is 535 Å². The van der Waals surface area contributed by atoms with Crippen LogP contribution >= 0.6 is 0 Å². The number of nitrogens with two attached hydrogens (primary N) is 1. The minimum absolute atomic E-state index is 0.0109. The summed E-state index contributed by atoms with van der Waals surface area (Å²) in [6, 6.07) is -2.25. The Kier molecular flexibility index (Phi) is 50.8. The van der Waals surface area contributed by atoms with Gasteiger partial charge in [0.2, 0.25) is 47.8 Å². The highest BCUT2D eigenvalue weighted by atomic mass is 16.5. The molecule has 0 aliphatic carbocycles. The van der Waals surface area contributed by atoms with E-state index in [1.54, 1.807) is 6.92 Å². The van der Waals surface area contributed by atoms with E-state index >= 15 is 0 Å². The second kappa shape index (κ2) is 54.5. The molecular formula is C62H116N14O14. The van der Waals surface area contributed by atoms with E-state index in [4.69, 9.17) is 15.2 Å². The van der Waals surface area contributed by atoms with Gasteiger partial charge in [-0.2, -0.15) is 0 Å². The Morgan fingerprint density at radius 2 is 0.911 bits per heavy atom. The minimum Gasteiger partial charge on any atom is -0.464 e. The molecule has 0 rings (SSSR count). The number of unbranched alkanes of at least 4 members (excludes halogenated alkanes) is 7. The van der Waals surface area contributed by atoms with Crippen molar-refractivity contribution < 1.29 is 67.0 Å². The SMILES string of the molecule is CCCCCCNC(=O)CC(NC(=O)CC(CC)C(=O)NCCCCCC)C(=O)CC(CC(=O)CC(CC(=O)NCCNCCNC(CCC(=O)OCCN(C)C)NC=O)C(=O)NCCCC)C(=O)NCCNCCNC(CCC(=O)OCCN(C)C)C(N)=O. The molecular weight excluding hydrogens is 1160 g/mol. The molecule has 0 aromatic heterocycles. The van der Waals surface area contributed by atoms with Crippen LogP contribution in [-0.2, 0) is 67.0 Å². The Morgan fingerprint density at radius 3 is 1.44 bits per heavy atom. The van der Waals surface area contributed by atoms with Crippen LogP contribution in [0.5, 0.6) is 0 Å². The molecule has 0 aromatic rings. The number of carbonyl (C=O) groups excluding carboxylic acids is 12. The van der Waals surface area contributed by atoms with Gasteiger partial charge in [0, 0.05) is 136 Å². The predicted octanol–water partition coefficient (Wildman–Crippen LogP) is -0.195. The lowest BCUT2D eigenvalue weighted by atomic mass is 9.88. The molecule has 0 spiro atoms. The topological polar surface area (TPSA) is 388 Å². The highest BCUT2D eigenvalue weighted by Crippen LogP contribution is 2.20. The number of nitrogens with zero attached hydrogens (tertiary/aromatic N) is 2. The van der Waals surface area contributed by atoms with E-state index in [9.17, 15) is 57.5 Å². The van der Waals surface area contributed by atoms with E-state index < -0.39 is 115 Å². The van der Waals surface area contributed by atoms with E-state index in [1.165, 1.54) is 0 Å². The molecule has 0 aromatic carbocycles. The molecule has 0 saturated carbocycles. The zero-order valence-electron chi connectivity index (χ0n) is 55.7. The maximum Gasteiger partial charge on any atom is 0.305 e. The standard InChI is InChI=1S/C62H116N14O14/c1-9-13-16-18-25-68-55(81)44-51(74-56(82)42-46(12-4)60(86)71-26-19-17-14-10-2)52(79)41-47(61(87)72-34-30-64-27-31-66-50(59(63)85)20-22-57(83)89-37-35-75(5)6)39-49(78)40-48(62(88)70-24-15-11-3)43-54(80)69-33-29-65-28-32-67-53(73-45-77)21-23-58(84)90-38-36-76(7)8/h45-48,50-51,53,64-67H,9-44H2,1-8H3,(H2,63,85)(H,68,81)(H,69,80)(H,70,88)(H,71,86)(H,72,87)(H,73,77)(H,74,82). The first-order valence-corrected chi connectivity index (χ1v) is 32.8. The van der Waals surface area contributed by atoms with Crippen LogP contribution in [0, 0.1) is 17.8 Å². The van der Waals surface area contributed by atoms with Crippen LogP contribution in [0.3, 0.4) is 0 Å². The molecule has 28 nitrogen and oxygen atoms in total. The number of nitrogens with one attached hydrogen (secondary N) is 11. The largest absolute Gasteiger partial charge is 0.464 e. The molecule has 90 heavy (non-hydrogen) atoms. The van der Waals surface area contributed by atoms with Gasteiger partial charge in [0.05, 0.1) is 36.5 Å². The van der Waals surface area contributed by atoms with Gasteiger partial charge >= 0.3 is 11.9 Å². The lowest BCUT2D eigenvalue weighted by molar-refractivity contribution is -0.145.